The van der Waals surface area contributed by atoms with Crippen molar-refractivity contribution >= 4 is 16.8 Å². The molecule has 0 radical (unpaired) electrons. The molecule has 5 unspecified atom stereocenters. The van der Waals surface area contributed by atoms with Gasteiger partial charge in [-0.15, -0.1) is 0 Å². The van der Waals surface area contributed by atoms with E-state index >= 15 is 0 Å². The summed E-state index contributed by atoms with van der Waals surface area (Å²) >= 11 is 0. The van der Waals surface area contributed by atoms with E-state index < -0.39 is 8.32 Å². The van der Waals surface area contributed by atoms with Gasteiger partial charge in [-0.25, -0.2) is 0 Å². The third-order valence-corrected chi connectivity index (χ3v) is 16.2. The zero-order valence-corrected chi connectivity index (χ0v) is 24.5. The number of allylic oxidation sites excluding steroid dienone is 1. The van der Waals surface area contributed by atoms with E-state index in [9.17, 15) is 4.57 Å². The molecule has 4 saturated carbocycles. The molecule has 3 nitrogen and oxygen atoms in total. The predicted octanol–water partition coefficient (Wildman–Crippen LogP) is 8.26. The maximum absolute atomic E-state index is 11.3. The largest absolute Gasteiger partial charge is 0.414 e. The predicted molar refractivity (Wildman–Crippen MR) is 141 cm³/mol. The van der Waals surface area contributed by atoms with Gasteiger partial charge in [0, 0.05) is 24.8 Å². The van der Waals surface area contributed by atoms with Crippen LogP contribution in [0.2, 0.25) is 18.1 Å². The van der Waals surface area contributed by atoms with Gasteiger partial charge in [0.05, 0.1) is 6.10 Å². The Hall–Kier alpha value is -0.0231. The van der Waals surface area contributed by atoms with E-state index in [1.54, 1.807) is 5.57 Å². The normalized spacial score (nSPS) is 41.8. The molecule has 8 atom stereocenters. The van der Waals surface area contributed by atoms with Crippen molar-refractivity contribution in [3.8, 4) is 0 Å². The Balaban J connectivity index is 1.49. The highest BCUT2D eigenvalue weighted by atomic mass is 31.1. The van der Waals surface area contributed by atoms with Crippen LogP contribution in [0.15, 0.2) is 11.6 Å². The molecule has 0 amide bonds. The second kappa shape index (κ2) is 9.13. The smallest absolute Gasteiger partial charge is 0.192 e. The number of ether oxygens (including phenoxy) is 1. The number of hydrogen-bond acceptors (Lipinski definition) is 3. The maximum Gasteiger partial charge on any atom is 0.192 e. The third kappa shape index (κ3) is 4.61. The summed E-state index contributed by atoms with van der Waals surface area (Å²) in [4.78, 5) is 0. The minimum Gasteiger partial charge on any atom is -0.414 e. The Kier molecular flexibility index (Phi) is 7.21. The van der Waals surface area contributed by atoms with E-state index in [2.05, 4.69) is 53.8 Å². The van der Waals surface area contributed by atoms with Crippen molar-refractivity contribution in [3.63, 3.8) is 0 Å². The van der Waals surface area contributed by atoms with Gasteiger partial charge in [0.2, 0.25) is 0 Å². The van der Waals surface area contributed by atoms with Gasteiger partial charge in [-0.05, 0) is 98.6 Å². The summed E-state index contributed by atoms with van der Waals surface area (Å²) < 4.78 is 24.4. The van der Waals surface area contributed by atoms with Gasteiger partial charge in [0.15, 0.2) is 16.8 Å². The van der Waals surface area contributed by atoms with E-state index in [0.717, 1.165) is 12.1 Å². The molecule has 0 saturated heterocycles. The molecule has 0 aromatic carbocycles. The molecule has 4 aliphatic carbocycles. The van der Waals surface area contributed by atoms with Gasteiger partial charge in [0.25, 0.3) is 0 Å². The summed E-state index contributed by atoms with van der Waals surface area (Å²) in [5.41, 5.74) is 2.37. The summed E-state index contributed by atoms with van der Waals surface area (Å²) in [7, 11) is 0.515. The summed E-state index contributed by atoms with van der Waals surface area (Å²) in [5.74, 6) is 2.71. The highest BCUT2D eigenvalue weighted by Crippen LogP contribution is 2.68. The zero-order chi connectivity index (χ0) is 24.2. The van der Waals surface area contributed by atoms with Crippen LogP contribution < -0.4 is 0 Å². The van der Waals surface area contributed by atoms with Crippen molar-refractivity contribution in [3.05, 3.63) is 11.6 Å². The van der Waals surface area contributed by atoms with Crippen LogP contribution in [0.1, 0.15) is 86.0 Å². The van der Waals surface area contributed by atoms with E-state index in [4.69, 9.17) is 9.16 Å². The molecule has 0 N–H and O–H groups in total. The van der Waals surface area contributed by atoms with E-state index in [1.807, 2.05) is 7.11 Å². The zero-order valence-electron chi connectivity index (χ0n) is 22.6. The molecule has 4 fully saturated rings. The molecule has 188 valence electrons. The van der Waals surface area contributed by atoms with Crippen LogP contribution in [-0.2, 0) is 13.7 Å². The average Bonchev–Trinajstić information content (AvgIpc) is 3.09. The Morgan fingerprint density at radius 2 is 1.97 bits per heavy atom. The van der Waals surface area contributed by atoms with Gasteiger partial charge in [0.1, 0.15) is 0 Å². The lowest BCUT2D eigenvalue weighted by atomic mass is 9.61. The first-order chi connectivity index (χ1) is 15.4. The molecule has 0 aromatic heterocycles. The second-order valence-electron chi connectivity index (χ2n) is 13.9. The number of hydrogen-bond donors (Lipinski definition) is 0. The Labute approximate surface area is 206 Å². The average molecular weight is 493 g/mol. The number of fused-ring (bicyclic) bond motifs is 2. The molecular weight excluding hydrogens is 443 g/mol. The fraction of sp³-hybridized carbons (Fsp3) is 0.929. The van der Waals surface area contributed by atoms with Crippen LogP contribution in [0.5, 0.6) is 0 Å². The van der Waals surface area contributed by atoms with Gasteiger partial charge in [-0.1, -0.05) is 46.3 Å². The molecule has 0 aromatic rings. The second-order valence-corrected chi connectivity index (χ2v) is 19.2. The molecule has 33 heavy (non-hydrogen) atoms. The molecule has 0 bridgehead atoms. The minimum absolute atomic E-state index is 0.240. The standard InChI is InChI=1S/C28H49O3PSi/c1-19(18-32-29)23-11-12-24-20(10-9-13-27(23,24)5)14-25(30-6)28-16-21(28)15-22(17-28)31-33(7,8)26(2,3)4/h14,19,21-25H,9-13,15-18H2,1-8H3/b20-14+/t19-,21?,22+,23?,24?,25?,27-,28?/m1/s1. The quantitative estimate of drug-likeness (QED) is 0.194. The van der Waals surface area contributed by atoms with Crippen LogP contribution in [0, 0.1) is 34.5 Å². The Bertz CT molecular complexity index is 774. The fourth-order valence-electron chi connectivity index (χ4n) is 8.06. The summed E-state index contributed by atoms with van der Waals surface area (Å²) in [6, 6.07) is 0. The van der Waals surface area contributed by atoms with Crippen molar-refractivity contribution in [2.45, 2.75) is 116 Å². The fourth-order valence-corrected chi connectivity index (χ4v) is 9.92. The van der Waals surface area contributed by atoms with Crippen LogP contribution in [0.3, 0.4) is 0 Å². The molecule has 0 aliphatic heterocycles. The van der Waals surface area contributed by atoms with Crippen LogP contribution in [0.4, 0.5) is 0 Å². The van der Waals surface area contributed by atoms with Crippen molar-refractivity contribution < 1.29 is 13.7 Å². The summed E-state index contributed by atoms with van der Waals surface area (Å²) in [5, 5.41) is 0.268. The SMILES string of the molecule is COC(/C=C1\CCC[C@@]2(C)C1CCC2[C@H](C)CP=O)C12CC1C[C@H](O[Si](C)(C)C(C)(C)C)C2. The first-order valence-electron chi connectivity index (χ1n) is 13.6. The van der Waals surface area contributed by atoms with Crippen LogP contribution >= 0.6 is 8.46 Å². The molecule has 4 aliphatic rings. The Morgan fingerprint density at radius 1 is 1.24 bits per heavy atom. The monoisotopic (exact) mass is 492 g/mol. The van der Waals surface area contributed by atoms with Crippen LogP contribution in [-0.4, -0.2) is 33.8 Å². The van der Waals surface area contributed by atoms with Crippen molar-refractivity contribution in [2.24, 2.45) is 34.5 Å². The molecule has 5 heteroatoms. The number of rotatable bonds is 8. The molecule has 0 spiro atoms. The topological polar surface area (TPSA) is 35.5 Å². The van der Waals surface area contributed by atoms with Crippen molar-refractivity contribution in [1.29, 1.82) is 0 Å². The minimum atomic E-state index is -1.73. The molecule has 0 heterocycles. The van der Waals surface area contributed by atoms with E-state index in [-0.39, 0.29) is 11.1 Å². The summed E-state index contributed by atoms with van der Waals surface area (Å²) in [6.45, 7) is 16.7. The van der Waals surface area contributed by atoms with Crippen molar-refractivity contribution in [1.82, 2.24) is 0 Å². The highest BCUT2D eigenvalue weighted by Gasteiger charge is 2.65. The third-order valence-electron chi connectivity index (χ3n) is 11.0. The highest BCUT2D eigenvalue weighted by molar-refractivity contribution is 7.23. The first-order valence-corrected chi connectivity index (χ1v) is 17.5. The van der Waals surface area contributed by atoms with E-state index in [1.165, 1.54) is 51.4 Å². The number of methoxy groups -OCH3 is 1. The molecule has 4 rings (SSSR count). The van der Waals surface area contributed by atoms with Crippen LogP contribution in [0.25, 0.3) is 0 Å². The summed E-state index contributed by atoms with van der Waals surface area (Å²) in [6.07, 6.45) is 14.2. The van der Waals surface area contributed by atoms with E-state index in [0.29, 0.717) is 43.1 Å². The van der Waals surface area contributed by atoms with Gasteiger partial charge in [-0.2, -0.15) is 0 Å². The first kappa shape index (κ1) is 26.1. The lowest BCUT2D eigenvalue weighted by Crippen LogP contribution is -2.44. The Morgan fingerprint density at radius 3 is 2.61 bits per heavy atom. The lowest BCUT2D eigenvalue weighted by molar-refractivity contribution is 0.0568. The van der Waals surface area contributed by atoms with Crippen molar-refractivity contribution in [2.75, 3.05) is 13.3 Å². The molecular formula is C28H49O3PSi. The lowest BCUT2D eigenvalue weighted by Gasteiger charge is -2.44. The van der Waals surface area contributed by atoms with Gasteiger partial charge >= 0.3 is 0 Å². The van der Waals surface area contributed by atoms with Gasteiger partial charge < -0.3 is 9.16 Å². The van der Waals surface area contributed by atoms with Gasteiger partial charge in [-0.3, -0.25) is 4.57 Å². The maximum atomic E-state index is 11.3.